The van der Waals surface area contributed by atoms with Gasteiger partial charge in [0.05, 0.1) is 25.3 Å². The summed E-state index contributed by atoms with van der Waals surface area (Å²) in [6, 6.07) is -0.533. The Balaban J connectivity index is 1.96. The summed E-state index contributed by atoms with van der Waals surface area (Å²) in [5.41, 5.74) is 5.67. The van der Waals surface area contributed by atoms with Crippen molar-refractivity contribution in [3.8, 4) is 0 Å². The van der Waals surface area contributed by atoms with Crippen LogP contribution in [0.5, 0.6) is 0 Å². The minimum atomic E-state index is -0.533. The molecule has 0 spiro atoms. The van der Waals surface area contributed by atoms with Crippen molar-refractivity contribution in [1.82, 2.24) is 9.80 Å². The first-order chi connectivity index (χ1) is 8.08. The van der Waals surface area contributed by atoms with Crippen LogP contribution in [0.1, 0.15) is 12.8 Å². The molecular weight excluding hydrogens is 222 g/mol. The minimum absolute atomic E-state index is 0.0908. The fraction of sp³-hybridized carbons (Fsp3) is 0.818. The molecule has 2 saturated heterocycles. The molecule has 0 saturated carbocycles. The zero-order chi connectivity index (χ0) is 12.4. The molecule has 96 valence electrons. The largest absolute Gasteiger partial charge is 0.374 e. The number of piperidine rings is 1. The molecule has 0 aromatic carbocycles. The molecule has 2 N–H and O–H groups in total. The average molecular weight is 241 g/mol. The fourth-order valence-corrected chi connectivity index (χ4v) is 2.23. The highest BCUT2D eigenvalue weighted by molar-refractivity contribution is 6.00. The van der Waals surface area contributed by atoms with Gasteiger partial charge >= 0.3 is 0 Å². The monoisotopic (exact) mass is 241 g/mol. The lowest BCUT2D eigenvalue weighted by Crippen LogP contribution is -2.55. The molecule has 2 aliphatic heterocycles. The van der Waals surface area contributed by atoms with E-state index in [2.05, 4.69) is 4.90 Å². The third-order valence-corrected chi connectivity index (χ3v) is 3.28. The molecule has 0 aliphatic carbocycles. The maximum atomic E-state index is 11.8. The topological polar surface area (TPSA) is 75.9 Å². The normalized spacial score (nSPS) is 32.0. The highest BCUT2D eigenvalue weighted by atomic mass is 16.5. The van der Waals surface area contributed by atoms with E-state index in [0.29, 0.717) is 26.0 Å². The molecule has 6 nitrogen and oxygen atoms in total. The van der Waals surface area contributed by atoms with E-state index in [1.165, 1.54) is 4.90 Å². The summed E-state index contributed by atoms with van der Waals surface area (Å²) in [6.45, 7) is 2.60. The summed E-state index contributed by atoms with van der Waals surface area (Å²) in [6.07, 6.45) is 0.724. The van der Waals surface area contributed by atoms with Crippen molar-refractivity contribution in [2.75, 3.05) is 33.3 Å². The molecule has 2 rings (SSSR count). The number of likely N-dealkylation sites (N-methyl/N-ethyl adjacent to an activating group) is 1. The number of amides is 2. The summed E-state index contributed by atoms with van der Waals surface area (Å²) in [5, 5.41) is 0. The van der Waals surface area contributed by atoms with Gasteiger partial charge in [0.2, 0.25) is 11.8 Å². The van der Waals surface area contributed by atoms with Crippen molar-refractivity contribution < 1.29 is 14.3 Å². The van der Waals surface area contributed by atoms with Gasteiger partial charge in [-0.3, -0.25) is 14.5 Å². The van der Waals surface area contributed by atoms with Gasteiger partial charge in [-0.1, -0.05) is 0 Å². The zero-order valence-electron chi connectivity index (χ0n) is 10.1. The van der Waals surface area contributed by atoms with E-state index in [9.17, 15) is 9.59 Å². The molecule has 0 radical (unpaired) electrons. The van der Waals surface area contributed by atoms with Gasteiger partial charge in [-0.15, -0.1) is 0 Å². The van der Waals surface area contributed by atoms with Crippen LogP contribution in [0.15, 0.2) is 0 Å². The molecule has 2 fully saturated rings. The van der Waals surface area contributed by atoms with Crippen LogP contribution >= 0.6 is 0 Å². The van der Waals surface area contributed by atoms with E-state index in [0.717, 1.165) is 13.1 Å². The van der Waals surface area contributed by atoms with Crippen LogP contribution < -0.4 is 5.73 Å². The number of imide groups is 1. The average Bonchev–Trinajstić information content (AvgIpc) is 2.30. The summed E-state index contributed by atoms with van der Waals surface area (Å²) < 4.78 is 5.55. The maximum Gasteiger partial charge on any atom is 0.246 e. The lowest BCUT2D eigenvalue weighted by molar-refractivity contribution is -0.152. The van der Waals surface area contributed by atoms with Crippen molar-refractivity contribution in [1.29, 1.82) is 0 Å². The highest BCUT2D eigenvalue weighted by Gasteiger charge is 2.34. The molecule has 2 unspecified atom stereocenters. The van der Waals surface area contributed by atoms with Crippen LogP contribution in [-0.4, -0.2) is 67.0 Å². The number of carbonyl (C=O) groups is 2. The Kier molecular flexibility index (Phi) is 3.76. The predicted molar refractivity (Wildman–Crippen MR) is 61.2 cm³/mol. The van der Waals surface area contributed by atoms with Crippen LogP contribution in [0.3, 0.4) is 0 Å². The minimum Gasteiger partial charge on any atom is -0.374 e. The van der Waals surface area contributed by atoms with Gasteiger partial charge in [0, 0.05) is 19.5 Å². The van der Waals surface area contributed by atoms with E-state index < -0.39 is 6.04 Å². The van der Waals surface area contributed by atoms with Crippen LogP contribution in [0.25, 0.3) is 0 Å². The van der Waals surface area contributed by atoms with Crippen LogP contribution in [0, 0.1) is 0 Å². The summed E-state index contributed by atoms with van der Waals surface area (Å²) in [4.78, 5) is 26.9. The molecule has 2 aliphatic rings. The second kappa shape index (κ2) is 5.12. The standard InChI is InChI=1S/C11H19N3O3/c1-13-4-5-17-8(6-13)7-14-10(15)3-2-9(12)11(14)16/h8-9H,2-7,12H2,1H3. The molecular formula is C11H19N3O3. The number of ether oxygens (including phenoxy) is 1. The molecule has 2 amide bonds. The third kappa shape index (κ3) is 2.83. The Hall–Kier alpha value is -0.980. The molecule has 17 heavy (non-hydrogen) atoms. The number of morpholine rings is 1. The number of rotatable bonds is 2. The summed E-state index contributed by atoms with van der Waals surface area (Å²) in [7, 11) is 2.00. The van der Waals surface area contributed by atoms with E-state index in [4.69, 9.17) is 10.5 Å². The lowest BCUT2D eigenvalue weighted by atomic mass is 10.0. The number of nitrogens with two attached hydrogens (primary N) is 1. The van der Waals surface area contributed by atoms with Gasteiger partial charge in [0.15, 0.2) is 0 Å². The van der Waals surface area contributed by atoms with Crippen molar-refractivity contribution in [2.45, 2.75) is 25.0 Å². The van der Waals surface area contributed by atoms with Crippen molar-refractivity contribution in [3.05, 3.63) is 0 Å². The maximum absolute atomic E-state index is 11.8. The van der Waals surface area contributed by atoms with Gasteiger partial charge < -0.3 is 15.4 Å². The van der Waals surface area contributed by atoms with Crippen molar-refractivity contribution in [3.63, 3.8) is 0 Å². The summed E-state index contributed by atoms with van der Waals surface area (Å²) in [5.74, 6) is -0.397. The summed E-state index contributed by atoms with van der Waals surface area (Å²) >= 11 is 0. The molecule has 0 bridgehead atoms. The Morgan fingerprint density at radius 2 is 2.24 bits per heavy atom. The van der Waals surface area contributed by atoms with Gasteiger partial charge in [0.1, 0.15) is 0 Å². The SMILES string of the molecule is CN1CCOC(CN2C(=O)CCC(N)C2=O)C1. The van der Waals surface area contributed by atoms with Crippen molar-refractivity contribution in [2.24, 2.45) is 5.73 Å². The Morgan fingerprint density at radius 1 is 1.47 bits per heavy atom. The number of hydrogen-bond acceptors (Lipinski definition) is 5. The van der Waals surface area contributed by atoms with E-state index >= 15 is 0 Å². The molecule has 2 heterocycles. The van der Waals surface area contributed by atoms with E-state index in [-0.39, 0.29) is 17.9 Å². The zero-order valence-corrected chi connectivity index (χ0v) is 10.1. The molecule has 6 heteroatoms. The number of nitrogens with zero attached hydrogens (tertiary/aromatic N) is 2. The Bertz CT molecular complexity index is 321. The molecule has 0 aromatic rings. The van der Waals surface area contributed by atoms with Crippen LogP contribution in [0.4, 0.5) is 0 Å². The van der Waals surface area contributed by atoms with Gasteiger partial charge in [-0.2, -0.15) is 0 Å². The number of likely N-dealkylation sites (tertiary alicyclic amines) is 1. The van der Waals surface area contributed by atoms with Gasteiger partial charge in [-0.05, 0) is 13.5 Å². The van der Waals surface area contributed by atoms with Crippen LogP contribution in [0.2, 0.25) is 0 Å². The third-order valence-electron chi connectivity index (χ3n) is 3.28. The van der Waals surface area contributed by atoms with E-state index in [1.54, 1.807) is 0 Å². The van der Waals surface area contributed by atoms with Crippen LogP contribution in [-0.2, 0) is 14.3 Å². The Morgan fingerprint density at radius 3 is 2.94 bits per heavy atom. The van der Waals surface area contributed by atoms with Gasteiger partial charge in [0.25, 0.3) is 0 Å². The molecule has 0 aromatic heterocycles. The first kappa shape index (κ1) is 12.5. The van der Waals surface area contributed by atoms with E-state index in [1.807, 2.05) is 7.05 Å². The molecule has 2 atom stereocenters. The number of hydrogen-bond donors (Lipinski definition) is 1. The smallest absolute Gasteiger partial charge is 0.246 e. The van der Waals surface area contributed by atoms with Crippen molar-refractivity contribution >= 4 is 11.8 Å². The quantitative estimate of drug-likeness (QED) is 0.614. The number of carbonyl (C=O) groups excluding carboxylic acids is 2. The predicted octanol–water partition coefficient (Wildman–Crippen LogP) is -1.21. The highest BCUT2D eigenvalue weighted by Crippen LogP contribution is 2.14. The second-order valence-electron chi connectivity index (χ2n) is 4.74. The Labute approximate surface area is 101 Å². The fourth-order valence-electron chi connectivity index (χ4n) is 2.23. The lowest BCUT2D eigenvalue weighted by Gasteiger charge is -2.35. The second-order valence-corrected chi connectivity index (χ2v) is 4.74. The first-order valence-corrected chi connectivity index (χ1v) is 5.98. The first-order valence-electron chi connectivity index (χ1n) is 5.98. The van der Waals surface area contributed by atoms with Gasteiger partial charge in [-0.25, -0.2) is 0 Å².